The van der Waals surface area contributed by atoms with Gasteiger partial charge in [-0.3, -0.25) is 19.8 Å². The van der Waals surface area contributed by atoms with Crippen LogP contribution in [0.4, 0.5) is 5.69 Å². The number of likely N-dealkylation sites (N-methyl/N-ethyl adjacent to an activating group) is 1. The number of carboxylic acids is 1. The van der Waals surface area contributed by atoms with Gasteiger partial charge in [0.1, 0.15) is 6.04 Å². The molecule has 0 radical (unpaired) electrons. The number of rotatable bonds is 5. The Morgan fingerprint density at radius 2 is 2.22 bits per heavy atom. The van der Waals surface area contributed by atoms with E-state index in [9.17, 15) is 14.9 Å². The Labute approximate surface area is 109 Å². The molecule has 7 heteroatoms. The molecule has 0 fully saturated rings. The van der Waals surface area contributed by atoms with E-state index in [1.54, 1.807) is 7.05 Å². The number of nitrogens with zero attached hydrogens (tertiary/aromatic N) is 2. The lowest BCUT2D eigenvalue weighted by atomic mass is 10.1. The van der Waals surface area contributed by atoms with E-state index in [1.165, 1.54) is 30.0 Å². The Hall–Kier alpha value is -1.66. The summed E-state index contributed by atoms with van der Waals surface area (Å²) in [7, 11) is 1.59. The number of halogens is 1. The van der Waals surface area contributed by atoms with E-state index < -0.39 is 16.9 Å². The summed E-state index contributed by atoms with van der Waals surface area (Å²) in [4.78, 5) is 22.7. The van der Waals surface area contributed by atoms with E-state index in [1.807, 2.05) is 0 Å². The van der Waals surface area contributed by atoms with Crippen molar-refractivity contribution in [1.29, 1.82) is 0 Å². The van der Waals surface area contributed by atoms with Crippen molar-refractivity contribution in [3.63, 3.8) is 0 Å². The maximum atomic E-state index is 10.8. The van der Waals surface area contributed by atoms with Crippen molar-refractivity contribution in [1.82, 2.24) is 4.90 Å². The van der Waals surface area contributed by atoms with Crippen molar-refractivity contribution in [2.75, 3.05) is 7.05 Å². The molecule has 0 spiro atoms. The van der Waals surface area contributed by atoms with Gasteiger partial charge < -0.3 is 5.11 Å². The lowest BCUT2D eigenvalue weighted by Crippen LogP contribution is -2.35. The normalized spacial score (nSPS) is 12.4. The molecule has 98 valence electrons. The molecule has 6 nitrogen and oxygen atoms in total. The summed E-state index contributed by atoms with van der Waals surface area (Å²) in [5.41, 5.74) is 0.326. The number of carboxylic acid groups (broad SMARTS) is 1. The molecule has 1 aromatic rings. The maximum Gasteiger partial charge on any atom is 0.320 e. The minimum atomic E-state index is -0.984. The van der Waals surface area contributed by atoms with E-state index in [0.717, 1.165) is 0 Å². The number of nitro benzene ring substituents is 1. The van der Waals surface area contributed by atoms with Gasteiger partial charge in [0.25, 0.3) is 5.69 Å². The monoisotopic (exact) mass is 272 g/mol. The predicted octanol–water partition coefficient (Wildman–Crippen LogP) is 2.15. The van der Waals surface area contributed by atoms with Gasteiger partial charge in [-0.25, -0.2) is 0 Å². The first-order chi connectivity index (χ1) is 8.32. The van der Waals surface area contributed by atoms with E-state index in [-0.39, 0.29) is 12.2 Å². The van der Waals surface area contributed by atoms with Crippen LogP contribution in [0.25, 0.3) is 0 Å². The van der Waals surface area contributed by atoms with Crippen LogP contribution < -0.4 is 0 Å². The van der Waals surface area contributed by atoms with E-state index >= 15 is 0 Å². The molecule has 0 saturated carbocycles. The number of hydrogen-bond donors (Lipinski definition) is 1. The second-order valence-electron chi connectivity index (χ2n) is 3.96. The van der Waals surface area contributed by atoms with Gasteiger partial charge in [-0.05, 0) is 26.1 Å². The lowest BCUT2D eigenvalue weighted by Gasteiger charge is -2.20. The maximum absolute atomic E-state index is 10.8. The lowest BCUT2D eigenvalue weighted by molar-refractivity contribution is -0.385. The number of carbonyl (C=O) groups is 1. The zero-order chi connectivity index (χ0) is 13.9. The van der Waals surface area contributed by atoms with Crippen molar-refractivity contribution in [3.8, 4) is 0 Å². The van der Waals surface area contributed by atoms with Gasteiger partial charge >= 0.3 is 5.97 Å². The highest BCUT2D eigenvalue weighted by Crippen LogP contribution is 2.24. The molecule has 1 N–H and O–H groups in total. The highest BCUT2D eigenvalue weighted by molar-refractivity contribution is 6.30. The zero-order valence-corrected chi connectivity index (χ0v) is 10.7. The molecule has 1 unspecified atom stereocenters. The van der Waals surface area contributed by atoms with Gasteiger partial charge in [-0.2, -0.15) is 0 Å². The molecular weight excluding hydrogens is 260 g/mol. The molecule has 0 saturated heterocycles. The quantitative estimate of drug-likeness (QED) is 0.656. The summed E-state index contributed by atoms with van der Waals surface area (Å²) in [6.45, 7) is 1.66. The smallest absolute Gasteiger partial charge is 0.320 e. The van der Waals surface area contributed by atoms with Crippen molar-refractivity contribution < 1.29 is 14.8 Å². The average molecular weight is 273 g/mol. The Kier molecular flexibility index (Phi) is 4.63. The van der Waals surface area contributed by atoms with E-state index in [2.05, 4.69) is 0 Å². The summed E-state index contributed by atoms with van der Waals surface area (Å²) in [6.07, 6.45) is 0. The van der Waals surface area contributed by atoms with E-state index in [0.29, 0.717) is 10.6 Å². The van der Waals surface area contributed by atoms with Crippen LogP contribution in [-0.4, -0.2) is 34.0 Å². The van der Waals surface area contributed by atoms with Crippen LogP contribution in [0.3, 0.4) is 0 Å². The summed E-state index contributed by atoms with van der Waals surface area (Å²) in [5.74, 6) is -0.984. The molecule has 1 atom stereocenters. The zero-order valence-electron chi connectivity index (χ0n) is 9.96. The van der Waals surface area contributed by atoms with Gasteiger partial charge in [-0.15, -0.1) is 0 Å². The number of hydrogen-bond acceptors (Lipinski definition) is 4. The van der Waals surface area contributed by atoms with Crippen molar-refractivity contribution in [2.45, 2.75) is 19.5 Å². The molecule has 18 heavy (non-hydrogen) atoms. The van der Waals surface area contributed by atoms with E-state index in [4.69, 9.17) is 16.7 Å². The van der Waals surface area contributed by atoms with Crippen LogP contribution >= 0.6 is 11.6 Å². The largest absolute Gasteiger partial charge is 0.480 e. The molecule has 0 aromatic heterocycles. The predicted molar refractivity (Wildman–Crippen MR) is 66.7 cm³/mol. The average Bonchev–Trinajstić information content (AvgIpc) is 2.27. The summed E-state index contributed by atoms with van der Waals surface area (Å²) < 4.78 is 0. The van der Waals surface area contributed by atoms with Crippen LogP contribution in [0, 0.1) is 10.1 Å². The van der Waals surface area contributed by atoms with Gasteiger partial charge in [0, 0.05) is 23.2 Å². The van der Waals surface area contributed by atoms with Crippen LogP contribution in [-0.2, 0) is 11.3 Å². The number of benzene rings is 1. The van der Waals surface area contributed by atoms with Gasteiger partial charge in [0.15, 0.2) is 0 Å². The van der Waals surface area contributed by atoms with Crippen molar-refractivity contribution in [2.24, 2.45) is 0 Å². The molecule has 1 aromatic carbocycles. The minimum absolute atomic E-state index is 0.0659. The molecule has 0 heterocycles. The molecule has 0 aliphatic heterocycles. The van der Waals surface area contributed by atoms with Gasteiger partial charge in [-0.1, -0.05) is 11.6 Å². The fourth-order valence-electron chi connectivity index (χ4n) is 1.45. The van der Waals surface area contributed by atoms with Crippen LogP contribution in [0.15, 0.2) is 18.2 Å². The fourth-order valence-corrected chi connectivity index (χ4v) is 1.65. The fraction of sp³-hybridized carbons (Fsp3) is 0.364. The molecule has 1 rings (SSSR count). The summed E-state index contributed by atoms with van der Waals surface area (Å²) in [5, 5.41) is 20.1. The van der Waals surface area contributed by atoms with Crippen LogP contribution in [0.2, 0.25) is 5.02 Å². The SMILES string of the molecule is CC(C(=O)O)N(C)Cc1cc(Cl)ccc1[N+](=O)[O-]. The summed E-state index contributed by atoms with van der Waals surface area (Å²) in [6, 6.07) is 3.49. The van der Waals surface area contributed by atoms with Gasteiger partial charge in [0.05, 0.1) is 4.92 Å². The Bertz CT molecular complexity index is 478. The molecular formula is C11H13ClN2O4. The number of nitro groups is 1. The third kappa shape index (κ3) is 3.41. The third-order valence-electron chi connectivity index (χ3n) is 2.68. The minimum Gasteiger partial charge on any atom is -0.480 e. The molecule has 0 bridgehead atoms. The molecule has 0 aliphatic carbocycles. The first-order valence-electron chi connectivity index (χ1n) is 5.18. The summed E-state index contributed by atoms with van der Waals surface area (Å²) >= 11 is 5.79. The van der Waals surface area contributed by atoms with Crippen molar-refractivity contribution in [3.05, 3.63) is 38.9 Å². The Morgan fingerprint density at radius 3 is 2.72 bits per heavy atom. The highest BCUT2D eigenvalue weighted by atomic mass is 35.5. The second kappa shape index (κ2) is 5.79. The number of aliphatic carboxylic acids is 1. The van der Waals surface area contributed by atoms with Crippen LogP contribution in [0.1, 0.15) is 12.5 Å². The topological polar surface area (TPSA) is 83.7 Å². The standard InChI is InChI=1S/C11H13ClN2O4/c1-7(11(15)16)13(2)6-8-5-9(12)3-4-10(8)14(17)18/h3-5,7H,6H2,1-2H3,(H,15,16). The highest BCUT2D eigenvalue weighted by Gasteiger charge is 2.21. The Morgan fingerprint density at radius 1 is 1.61 bits per heavy atom. The molecule has 0 amide bonds. The molecule has 0 aliphatic rings. The van der Waals surface area contributed by atoms with Crippen molar-refractivity contribution >= 4 is 23.3 Å². The first kappa shape index (κ1) is 14.4. The first-order valence-corrected chi connectivity index (χ1v) is 5.56. The van der Waals surface area contributed by atoms with Crippen LogP contribution in [0.5, 0.6) is 0 Å². The third-order valence-corrected chi connectivity index (χ3v) is 2.91. The van der Waals surface area contributed by atoms with Gasteiger partial charge in [0.2, 0.25) is 0 Å². The Balaban J connectivity index is 2.99. The second-order valence-corrected chi connectivity index (χ2v) is 4.40.